The Balaban J connectivity index is 1.48. The van der Waals surface area contributed by atoms with E-state index in [1.807, 2.05) is 10.6 Å². The van der Waals surface area contributed by atoms with E-state index >= 15 is 0 Å². The van der Waals surface area contributed by atoms with Gasteiger partial charge in [-0.1, -0.05) is 18.2 Å². The first kappa shape index (κ1) is 18.1. The van der Waals surface area contributed by atoms with Crippen LogP contribution in [0.2, 0.25) is 0 Å². The summed E-state index contributed by atoms with van der Waals surface area (Å²) in [5.41, 5.74) is 10.4. The molecule has 0 saturated heterocycles. The van der Waals surface area contributed by atoms with Gasteiger partial charge in [0.2, 0.25) is 0 Å². The zero-order valence-electron chi connectivity index (χ0n) is 15.9. The predicted molar refractivity (Wildman–Crippen MR) is 111 cm³/mol. The lowest BCUT2D eigenvalue weighted by atomic mass is 10.2. The van der Waals surface area contributed by atoms with Crippen LogP contribution in [-0.2, 0) is 12.8 Å². The number of nitrogens with zero attached hydrogens (tertiary/aromatic N) is 3. The highest BCUT2D eigenvalue weighted by Crippen LogP contribution is 2.36. The van der Waals surface area contributed by atoms with Gasteiger partial charge in [0.1, 0.15) is 23.4 Å². The number of ether oxygens (including phenoxy) is 1. The van der Waals surface area contributed by atoms with Crippen LogP contribution < -0.4 is 15.8 Å². The van der Waals surface area contributed by atoms with Crippen LogP contribution in [0, 0.1) is 5.82 Å². The quantitative estimate of drug-likeness (QED) is 0.533. The molecule has 30 heavy (non-hydrogen) atoms. The summed E-state index contributed by atoms with van der Waals surface area (Å²) in [5.74, 6) is 0.141. The second-order valence-electron chi connectivity index (χ2n) is 7.06. The molecule has 5 rings (SSSR count). The molecule has 1 amide bonds. The number of halogens is 1. The standard InChI is InChI=1S/C22H18FN5O2/c23-16-11-13(9-10-17(16)27-22(29)30-14-5-2-1-3-6-14)28-18-8-4-7-15(18)19-20(28)21(24)26-12-25-19/h1-3,5-6,9-12H,4,7-8H2,(H,27,29)(H2,24,25,26). The first-order chi connectivity index (χ1) is 14.6. The Bertz CT molecular complexity index is 1270. The fourth-order valence-electron chi connectivity index (χ4n) is 3.96. The molecule has 3 N–H and O–H groups in total. The van der Waals surface area contributed by atoms with E-state index in [2.05, 4.69) is 15.3 Å². The van der Waals surface area contributed by atoms with Crippen LogP contribution in [-0.4, -0.2) is 20.6 Å². The Hall–Kier alpha value is -3.94. The molecule has 150 valence electrons. The molecule has 2 heterocycles. The van der Waals surface area contributed by atoms with Crippen LogP contribution in [0.15, 0.2) is 54.9 Å². The number of aromatic nitrogens is 3. The van der Waals surface area contributed by atoms with Crippen LogP contribution in [0.25, 0.3) is 16.7 Å². The Morgan fingerprint density at radius 1 is 1.13 bits per heavy atom. The van der Waals surface area contributed by atoms with Gasteiger partial charge in [-0.15, -0.1) is 0 Å². The molecular weight excluding hydrogens is 385 g/mol. The van der Waals surface area contributed by atoms with E-state index in [4.69, 9.17) is 10.5 Å². The number of benzene rings is 2. The van der Waals surface area contributed by atoms with E-state index in [9.17, 15) is 9.18 Å². The van der Waals surface area contributed by atoms with Crippen molar-refractivity contribution < 1.29 is 13.9 Å². The van der Waals surface area contributed by atoms with Crippen LogP contribution in [0.1, 0.15) is 17.7 Å². The highest BCUT2D eigenvalue weighted by atomic mass is 19.1. The summed E-state index contributed by atoms with van der Waals surface area (Å²) in [4.78, 5) is 20.6. The third-order valence-corrected chi connectivity index (χ3v) is 5.22. The van der Waals surface area contributed by atoms with E-state index in [-0.39, 0.29) is 5.69 Å². The number of nitrogens with two attached hydrogens (primary N) is 1. The minimum atomic E-state index is -0.766. The number of para-hydroxylation sites is 1. The maximum atomic E-state index is 14.8. The smallest absolute Gasteiger partial charge is 0.410 e. The minimum absolute atomic E-state index is 0.0250. The van der Waals surface area contributed by atoms with Gasteiger partial charge in [0, 0.05) is 17.4 Å². The summed E-state index contributed by atoms with van der Waals surface area (Å²) in [6, 6.07) is 13.2. The van der Waals surface area contributed by atoms with E-state index in [0.717, 1.165) is 36.0 Å². The lowest BCUT2D eigenvalue weighted by Gasteiger charge is -2.13. The number of nitrogens with one attached hydrogen (secondary N) is 1. The average molecular weight is 403 g/mol. The summed E-state index contributed by atoms with van der Waals surface area (Å²) < 4.78 is 21.9. The van der Waals surface area contributed by atoms with Crippen molar-refractivity contribution >= 4 is 28.6 Å². The van der Waals surface area contributed by atoms with Crippen molar-refractivity contribution in [1.29, 1.82) is 0 Å². The lowest BCUT2D eigenvalue weighted by Crippen LogP contribution is -2.17. The molecule has 1 aliphatic carbocycles. The molecule has 0 aliphatic heterocycles. The molecule has 0 unspecified atom stereocenters. The van der Waals surface area contributed by atoms with E-state index < -0.39 is 11.9 Å². The monoisotopic (exact) mass is 403 g/mol. The highest BCUT2D eigenvalue weighted by Gasteiger charge is 2.25. The maximum Gasteiger partial charge on any atom is 0.417 e. The molecule has 1 aliphatic rings. The van der Waals surface area contributed by atoms with Gasteiger partial charge >= 0.3 is 6.09 Å². The van der Waals surface area contributed by atoms with Crippen LogP contribution >= 0.6 is 0 Å². The number of carbonyl (C=O) groups is 1. The molecule has 4 aromatic rings. The highest BCUT2D eigenvalue weighted by molar-refractivity contribution is 5.92. The number of carbonyl (C=O) groups excluding carboxylic acids is 1. The third-order valence-electron chi connectivity index (χ3n) is 5.22. The van der Waals surface area contributed by atoms with Crippen molar-refractivity contribution in [2.45, 2.75) is 19.3 Å². The molecule has 8 heteroatoms. The third kappa shape index (κ3) is 3.02. The summed E-state index contributed by atoms with van der Waals surface area (Å²) in [6.07, 6.45) is 3.46. The fraction of sp³-hybridized carbons (Fsp3) is 0.136. The number of aryl methyl sites for hydroxylation is 1. The second kappa shape index (κ2) is 7.14. The van der Waals surface area contributed by atoms with Crippen molar-refractivity contribution in [3.8, 4) is 11.4 Å². The Kier molecular flexibility index (Phi) is 4.31. The van der Waals surface area contributed by atoms with E-state index in [1.54, 1.807) is 30.3 Å². The minimum Gasteiger partial charge on any atom is -0.410 e. The van der Waals surface area contributed by atoms with Crippen molar-refractivity contribution in [2.24, 2.45) is 0 Å². The molecule has 0 atom stereocenters. The molecule has 2 aromatic heterocycles. The van der Waals surface area contributed by atoms with Gasteiger partial charge in [-0.25, -0.2) is 19.2 Å². The number of fused-ring (bicyclic) bond motifs is 3. The first-order valence-corrected chi connectivity index (χ1v) is 9.58. The van der Waals surface area contributed by atoms with Crippen molar-refractivity contribution in [3.05, 3.63) is 71.9 Å². The summed E-state index contributed by atoms with van der Waals surface area (Å²) in [6.45, 7) is 0. The van der Waals surface area contributed by atoms with Gasteiger partial charge < -0.3 is 15.0 Å². The second-order valence-corrected chi connectivity index (χ2v) is 7.06. The molecule has 2 aromatic carbocycles. The number of hydrogen-bond acceptors (Lipinski definition) is 5. The molecule has 0 fully saturated rings. The summed E-state index contributed by atoms with van der Waals surface area (Å²) >= 11 is 0. The van der Waals surface area contributed by atoms with Gasteiger partial charge in [-0.3, -0.25) is 5.32 Å². The predicted octanol–water partition coefficient (Wildman–Crippen LogP) is 4.24. The molecule has 0 radical (unpaired) electrons. The van der Waals surface area contributed by atoms with Gasteiger partial charge in [0.25, 0.3) is 0 Å². The lowest BCUT2D eigenvalue weighted by molar-refractivity contribution is 0.215. The van der Waals surface area contributed by atoms with Crippen LogP contribution in [0.4, 0.5) is 20.7 Å². The fourth-order valence-corrected chi connectivity index (χ4v) is 3.96. The van der Waals surface area contributed by atoms with Gasteiger partial charge in [-0.2, -0.15) is 0 Å². The van der Waals surface area contributed by atoms with Gasteiger partial charge in [0.15, 0.2) is 5.82 Å². The normalized spacial score (nSPS) is 12.7. The molecule has 0 spiro atoms. The average Bonchev–Trinajstić information content (AvgIpc) is 3.32. The van der Waals surface area contributed by atoms with E-state index in [1.165, 1.54) is 18.5 Å². The number of amides is 1. The molecule has 0 bridgehead atoms. The zero-order chi connectivity index (χ0) is 20.7. The van der Waals surface area contributed by atoms with Gasteiger partial charge in [0.05, 0.1) is 11.2 Å². The molecule has 0 saturated carbocycles. The summed E-state index contributed by atoms with van der Waals surface area (Å²) in [7, 11) is 0. The Morgan fingerprint density at radius 3 is 2.77 bits per heavy atom. The van der Waals surface area contributed by atoms with Gasteiger partial charge in [-0.05, 0) is 49.1 Å². The van der Waals surface area contributed by atoms with Crippen molar-refractivity contribution in [1.82, 2.24) is 14.5 Å². The molecular formula is C22H18FN5O2. The SMILES string of the molecule is Nc1ncnc2c3c(n(-c4ccc(NC(=O)Oc5ccccc5)c(F)c4)c12)CCC3. The number of anilines is 2. The Labute approximate surface area is 171 Å². The topological polar surface area (TPSA) is 95.1 Å². The largest absolute Gasteiger partial charge is 0.417 e. The summed E-state index contributed by atoms with van der Waals surface area (Å²) in [5, 5.41) is 2.44. The Morgan fingerprint density at radius 2 is 1.97 bits per heavy atom. The number of nitrogen functional groups attached to an aromatic ring is 1. The maximum absolute atomic E-state index is 14.8. The first-order valence-electron chi connectivity index (χ1n) is 9.58. The number of hydrogen-bond donors (Lipinski definition) is 2. The van der Waals surface area contributed by atoms with Crippen molar-refractivity contribution in [3.63, 3.8) is 0 Å². The van der Waals surface area contributed by atoms with Crippen molar-refractivity contribution in [2.75, 3.05) is 11.1 Å². The molecule has 7 nitrogen and oxygen atoms in total. The number of rotatable bonds is 3. The van der Waals surface area contributed by atoms with Crippen LogP contribution in [0.3, 0.4) is 0 Å². The zero-order valence-corrected chi connectivity index (χ0v) is 15.9. The van der Waals surface area contributed by atoms with E-state index in [0.29, 0.717) is 22.8 Å². The van der Waals surface area contributed by atoms with Crippen LogP contribution in [0.5, 0.6) is 5.75 Å².